The minimum absolute atomic E-state index is 0.00152. The monoisotopic (exact) mass is 317 g/mol. The van der Waals surface area contributed by atoms with E-state index in [1.54, 1.807) is 0 Å². The second-order valence-electron chi connectivity index (χ2n) is 5.80. The molecule has 1 aromatic heterocycles. The van der Waals surface area contributed by atoms with Crippen LogP contribution in [0, 0.1) is 0 Å². The molecule has 2 aromatic rings. The number of hydrogen-bond donors (Lipinski definition) is 1. The topological polar surface area (TPSA) is 23.3 Å². The van der Waals surface area contributed by atoms with Crippen LogP contribution in [0.5, 0.6) is 0 Å². The molecule has 122 valence electrons. The molecule has 7 heteroatoms. The molecule has 0 atom stereocenters. The summed E-state index contributed by atoms with van der Waals surface area (Å²) in [6, 6.07) is 10.3. The Morgan fingerprint density at radius 1 is 1.09 bits per heavy atom. The third-order valence-corrected chi connectivity index (χ3v) is 2.72. The Labute approximate surface area is 127 Å². The van der Waals surface area contributed by atoms with E-state index < -0.39 is 7.25 Å². The Bertz CT molecular complexity index is 617. The van der Waals surface area contributed by atoms with Crippen LogP contribution in [0.1, 0.15) is 33.5 Å². The molecule has 0 aliphatic rings. The number of rotatable bonds is 2. The van der Waals surface area contributed by atoms with Crippen LogP contribution in [0.2, 0.25) is 0 Å². The summed E-state index contributed by atoms with van der Waals surface area (Å²) >= 11 is 0. The van der Waals surface area contributed by atoms with Crippen LogP contribution in [0.4, 0.5) is 23.0 Å². The highest BCUT2D eigenvalue weighted by molar-refractivity contribution is 6.50. The van der Waals surface area contributed by atoms with Crippen LogP contribution >= 0.6 is 0 Å². The van der Waals surface area contributed by atoms with Crippen molar-refractivity contribution in [3.8, 4) is 0 Å². The highest BCUT2D eigenvalue weighted by atomic mass is 19.5. The zero-order valence-electron chi connectivity index (χ0n) is 13.1. The lowest BCUT2D eigenvalue weighted by atomic mass is 9.91. The van der Waals surface area contributed by atoms with Crippen molar-refractivity contribution < 1.29 is 21.7 Å². The first-order chi connectivity index (χ1) is 10.0. The van der Waals surface area contributed by atoms with Crippen molar-refractivity contribution >= 4 is 23.9 Å². The summed E-state index contributed by atoms with van der Waals surface area (Å²) in [5, 5.41) is 4.52. The molecule has 1 heterocycles. The number of anilines is 1. The lowest BCUT2D eigenvalue weighted by Gasteiger charge is -2.13. The number of halogens is 4. The minimum atomic E-state index is -6.00. The summed E-state index contributed by atoms with van der Waals surface area (Å²) in [4.78, 5) is 0. The van der Waals surface area contributed by atoms with Crippen molar-refractivity contribution in [1.82, 2.24) is 0 Å². The maximum Gasteiger partial charge on any atom is 0.673 e. The van der Waals surface area contributed by atoms with Gasteiger partial charge in [0, 0.05) is 12.6 Å². The molecule has 0 saturated heterocycles. The van der Waals surface area contributed by atoms with Gasteiger partial charge in [-0.2, -0.15) is 0 Å². The van der Waals surface area contributed by atoms with E-state index in [2.05, 4.69) is 45.1 Å². The molecule has 0 saturated carbocycles. The quantitative estimate of drug-likeness (QED) is 0.433. The van der Waals surface area contributed by atoms with Crippen molar-refractivity contribution in [2.45, 2.75) is 33.1 Å². The van der Waals surface area contributed by atoms with Crippen LogP contribution in [0.3, 0.4) is 0 Å². The Balaban J connectivity index is 0.000000422. The van der Waals surface area contributed by atoms with E-state index >= 15 is 0 Å². The number of para-hydroxylation sites is 1. The molecule has 0 fully saturated rings. The summed E-state index contributed by atoms with van der Waals surface area (Å²) in [6.07, 6.45) is 0. The van der Waals surface area contributed by atoms with E-state index in [9.17, 15) is 17.3 Å². The molecular weight excluding hydrogens is 297 g/mol. The smallest absolute Gasteiger partial charge is 0.418 e. The van der Waals surface area contributed by atoms with Crippen molar-refractivity contribution in [2.75, 3.05) is 11.9 Å². The van der Waals surface area contributed by atoms with Crippen LogP contribution in [-0.4, -0.2) is 13.8 Å². The first-order valence-corrected chi connectivity index (χ1v) is 7.00. The third-order valence-electron chi connectivity index (χ3n) is 2.72. The summed E-state index contributed by atoms with van der Waals surface area (Å²) in [5.74, 6) is 1.01. The summed E-state index contributed by atoms with van der Waals surface area (Å²) in [6.45, 7) is 9.50. The Morgan fingerprint density at radius 3 is 2.14 bits per heavy atom. The first-order valence-electron chi connectivity index (χ1n) is 7.00. The van der Waals surface area contributed by atoms with Gasteiger partial charge in [-0.1, -0.05) is 12.1 Å². The van der Waals surface area contributed by atoms with E-state index in [-0.39, 0.29) is 5.41 Å². The fourth-order valence-electron chi connectivity index (χ4n) is 1.96. The molecule has 0 unspecified atom stereocenters. The molecule has 0 aliphatic heterocycles. The van der Waals surface area contributed by atoms with Gasteiger partial charge in [-0.15, -0.1) is 0 Å². The number of nitrogens with one attached hydrogen (secondary N) is 1. The Hall–Kier alpha value is -1.79. The second-order valence-corrected chi connectivity index (χ2v) is 5.80. The lowest BCUT2D eigenvalue weighted by molar-refractivity contribution is 0.368. The van der Waals surface area contributed by atoms with Crippen LogP contribution in [-0.2, 0) is 5.41 Å². The number of benzene rings is 1. The molecule has 0 radical (unpaired) electrons. The molecule has 1 aromatic carbocycles. The predicted octanol–water partition coefficient (Wildman–Crippen LogP) is 5.74. The van der Waals surface area contributed by atoms with E-state index in [4.69, 9.17) is 4.42 Å². The van der Waals surface area contributed by atoms with Gasteiger partial charge in [0.1, 0.15) is 5.69 Å². The van der Waals surface area contributed by atoms with Gasteiger partial charge >= 0.3 is 18.6 Å². The van der Waals surface area contributed by atoms with Crippen molar-refractivity contribution in [2.24, 2.45) is 0 Å². The second kappa shape index (κ2) is 6.98. The van der Waals surface area contributed by atoms with Gasteiger partial charge in [-0.25, -0.2) is 4.42 Å². The molecule has 0 aliphatic carbocycles. The van der Waals surface area contributed by atoms with E-state index in [0.717, 1.165) is 29.0 Å². The van der Waals surface area contributed by atoms with Gasteiger partial charge in [0.25, 0.3) is 0 Å². The largest absolute Gasteiger partial charge is 0.673 e. The fourth-order valence-corrected chi connectivity index (χ4v) is 1.96. The predicted molar refractivity (Wildman–Crippen MR) is 83.7 cm³/mol. The van der Waals surface area contributed by atoms with Gasteiger partial charge < -0.3 is 22.6 Å². The molecule has 0 spiro atoms. The van der Waals surface area contributed by atoms with Gasteiger partial charge in [0.2, 0.25) is 0 Å². The third kappa shape index (κ3) is 5.91. The van der Waals surface area contributed by atoms with Crippen molar-refractivity contribution in [3.05, 3.63) is 36.1 Å². The number of hydrogen-bond acceptors (Lipinski definition) is 1. The normalized spacial score (nSPS) is 11.8. The lowest BCUT2D eigenvalue weighted by Crippen LogP contribution is -2.14. The maximum atomic E-state index is 9.75. The maximum absolute atomic E-state index is 9.75. The van der Waals surface area contributed by atoms with Gasteiger partial charge in [-0.05, 0) is 39.8 Å². The molecule has 22 heavy (non-hydrogen) atoms. The molecule has 0 bridgehead atoms. The van der Waals surface area contributed by atoms with Crippen LogP contribution in [0.25, 0.3) is 11.0 Å². The summed E-state index contributed by atoms with van der Waals surface area (Å²) in [5.41, 5.74) is 2.04. The SMILES string of the molecule is CCNc1cc2ccccc2[o+]c1C(C)(C)C.F[B-](F)(F)F. The Kier molecular flexibility index (Phi) is 5.80. The van der Waals surface area contributed by atoms with Crippen LogP contribution in [0.15, 0.2) is 34.7 Å². The molecule has 2 rings (SSSR count). The van der Waals surface area contributed by atoms with Gasteiger partial charge in [0.05, 0.1) is 10.8 Å². The minimum Gasteiger partial charge on any atom is -0.418 e. The van der Waals surface area contributed by atoms with Crippen molar-refractivity contribution in [1.29, 1.82) is 0 Å². The molecule has 1 N–H and O–H groups in total. The molecule has 2 nitrogen and oxygen atoms in total. The van der Waals surface area contributed by atoms with Crippen LogP contribution < -0.4 is 5.32 Å². The zero-order chi connectivity index (χ0) is 17.0. The number of fused-ring (bicyclic) bond motifs is 1. The summed E-state index contributed by atoms with van der Waals surface area (Å²) in [7, 11) is -6.00. The highest BCUT2D eigenvalue weighted by Crippen LogP contribution is 2.33. The molecular formula is C15H20BF4NO. The molecule has 0 amide bonds. The van der Waals surface area contributed by atoms with Gasteiger partial charge in [-0.3, -0.25) is 0 Å². The fraction of sp³-hybridized carbons (Fsp3) is 0.400. The average Bonchev–Trinajstić information content (AvgIpc) is 2.35. The van der Waals surface area contributed by atoms with E-state index in [0.29, 0.717) is 0 Å². The first kappa shape index (κ1) is 18.3. The zero-order valence-corrected chi connectivity index (χ0v) is 13.1. The van der Waals surface area contributed by atoms with Gasteiger partial charge in [0.15, 0.2) is 0 Å². The van der Waals surface area contributed by atoms with E-state index in [1.165, 1.54) is 0 Å². The highest BCUT2D eigenvalue weighted by Gasteiger charge is 2.31. The van der Waals surface area contributed by atoms with Crippen molar-refractivity contribution in [3.63, 3.8) is 0 Å². The van der Waals surface area contributed by atoms with E-state index in [1.807, 2.05) is 18.2 Å². The standard InChI is InChI=1S/C15H20NO.BF4/c1-5-16-12-10-11-8-6-7-9-13(11)17-14(12)15(2,3)4;2-1(3,4)5/h6-10,16H,5H2,1-4H3;/q+1;-1. The summed E-state index contributed by atoms with van der Waals surface area (Å²) < 4.78 is 45.0. The Morgan fingerprint density at radius 2 is 1.64 bits per heavy atom. The average molecular weight is 317 g/mol.